The Balaban J connectivity index is 1.69. The van der Waals surface area contributed by atoms with Crippen LogP contribution in [0.15, 0.2) is 48.6 Å². The average molecular weight is 1070 g/mol. The van der Waals surface area contributed by atoms with Gasteiger partial charge in [-0.15, -0.1) is 0 Å². The normalized spacial score (nSPS) is 24.9. The standard InChI is InChI=1S/C61H110O14/c1-3-5-7-9-11-13-15-17-19-21-22-23-24-25-26-27-29-31-33-35-37-39-41-43-45-70-47-50(73-53(63)44-42-40-38-36-34-32-30-28-20-18-16-14-12-10-8-6-4-2)48-71-60-59(69)57(67)55(65)52(75-60)49-72-61-58(68)56(66)54(64)51(46-62)74-61/h12,14-15,17-18,20-22,50-52,54-62,64-69H,3-11,13,16,19,23-49H2,1-2H3/b14-12-,17-15-,20-18-,22-21-. The highest BCUT2D eigenvalue weighted by Gasteiger charge is 2.47. The lowest BCUT2D eigenvalue weighted by Crippen LogP contribution is -2.61. The van der Waals surface area contributed by atoms with Crippen LogP contribution in [0.4, 0.5) is 0 Å². The molecule has 2 aliphatic heterocycles. The van der Waals surface area contributed by atoms with Crippen LogP contribution in [-0.2, 0) is 33.2 Å². The van der Waals surface area contributed by atoms with Gasteiger partial charge < -0.3 is 64.2 Å². The number of hydrogen-bond donors (Lipinski definition) is 7. The molecular weight excluding hydrogens is 957 g/mol. The minimum absolute atomic E-state index is 0.0575. The maximum absolute atomic E-state index is 13.1. The van der Waals surface area contributed by atoms with E-state index >= 15 is 0 Å². The Labute approximate surface area is 454 Å². The summed E-state index contributed by atoms with van der Waals surface area (Å²) in [5.41, 5.74) is 0. The summed E-state index contributed by atoms with van der Waals surface area (Å²) in [7, 11) is 0. The predicted octanol–water partition coefficient (Wildman–Crippen LogP) is 11.1. The highest BCUT2D eigenvalue weighted by Crippen LogP contribution is 2.27. The molecule has 0 spiro atoms. The molecular formula is C61H110O14. The number of carbonyl (C=O) groups is 1. The van der Waals surface area contributed by atoms with E-state index in [1.54, 1.807) is 0 Å². The number of hydrogen-bond acceptors (Lipinski definition) is 14. The topological polar surface area (TPSA) is 214 Å². The molecule has 0 radical (unpaired) electrons. The van der Waals surface area contributed by atoms with Gasteiger partial charge in [-0.2, -0.15) is 0 Å². The molecule has 2 rings (SSSR count). The fraction of sp³-hybridized carbons (Fsp3) is 0.852. The number of ether oxygens (including phenoxy) is 6. The van der Waals surface area contributed by atoms with Crippen LogP contribution in [0.5, 0.6) is 0 Å². The maximum atomic E-state index is 13.1. The summed E-state index contributed by atoms with van der Waals surface area (Å²) < 4.78 is 34.4. The van der Waals surface area contributed by atoms with Gasteiger partial charge in [-0.3, -0.25) is 4.79 Å². The minimum atomic E-state index is -1.71. The molecule has 11 atom stereocenters. The van der Waals surface area contributed by atoms with Gasteiger partial charge in [0.05, 0.1) is 26.4 Å². The predicted molar refractivity (Wildman–Crippen MR) is 298 cm³/mol. The largest absolute Gasteiger partial charge is 0.457 e. The minimum Gasteiger partial charge on any atom is -0.457 e. The third kappa shape index (κ3) is 34.5. The number of aliphatic hydroxyl groups excluding tert-OH is 7. The molecule has 2 fully saturated rings. The molecule has 0 aromatic heterocycles. The molecule has 11 unspecified atom stereocenters. The van der Waals surface area contributed by atoms with Gasteiger partial charge in [0.1, 0.15) is 54.9 Å². The van der Waals surface area contributed by atoms with Gasteiger partial charge in [-0.25, -0.2) is 0 Å². The zero-order chi connectivity index (χ0) is 54.4. The van der Waals surface area contributed by atoms with E-state index in [0.717, 1.165) is 57.8 Å². The molecule has 0 aromatic rings. The lowest BCUT2D eigenvalue weighted by Gasteiger charge is -2.42. The Morgan fingerprint density at radius 2 is 0.827 bits per heavy atom. The van der Waals surface area contributed by atoms with Crippen molar-refractivity contribution in [1.82, 2.24) is 0 Å². The average Bonchev–Trinajstić information content (AvgIpc) is 3.41. The van der Waals surface area contributed by atoms with Gasteiger partial charge in [0, 0.05) is 13.0 Å². The van der Waals surface area contributed by atoms with E-state index in [1.807, 2.05) is 0 Å². The molecule has 0 aromatic carbocycles. The van der Waals surface area contributed by atoms with E-state index in [9.17, 15) is 40.5 Å². The first-order valence-corrected chi connectivity index (χ1v) is 30.2. The van der Waals surface area contributed by atoms with Crippen molar-refractivity contribution in [1.29, 1.82) is 0 Å². The van der Waals surface area contributed by atoms with Crippen molar-refractivity contribution >= 4 is 5.97 Å². The first-order valence-electron chi connectivity index (χ1n) is 30.2. The Kier molecular flexibility index (Phi) is 44.1. The summed E-state index contributed by atoms with van der Waals surface area (Å²) in [6, 6.07) is 0. The van der Waals surface area contributed by atoms with Gasteiger partial charge >= 0.3 is 5.97 Å². The molecule has 2 saturated heterocycles. The third-order valence-electron chi connectivity index (χ3n) is 14.3. The van der Waals surface area contributed by atoms with Crippen molar-refractivity contribution in [2.24, 2.45) is 0 Å². The zero-order valence-corrected chi connectivity index (χ0v) is 47.0. The van der Waals surface area contributed by atoms with Crippen molar-refractivity contribution < 1.29 is 69.0 Å². The monoisotopic (exact) mass is 1070 g/mol. The molecule has 14 heteroatoms. The number of allylic oxidation sites excluding steroid dienone is 8. The lowest BCUT2D eigenvalue weighted by atomic mass is 9.98. The second kappa shape index (κ2) is 47.9. The second-order valence-corrected chi connectivity index (χ2v) is 21.2. The van der Waals surface area contributed by atoms with E-state index in [1.165, 1.54) is 148 Å². The fourth-order valence-corrected chi connectivity index (χ4v) is 9.41. The molecule has 0 aliphatic carbocycles. The fourth-order valence-electron chi connectivity index (χ4n) is 9.41. The number of aliphatic hydroxyl groups is 7. The van der Waals surface area contributed by atoms with Gasteiger partial charge in [0.25, 0.3) is 0 Å². The quantitative estimate of drug-likeness (QED) is 0.0172. The van der Waals surface area contributed by atoms with Gasteiger partial charge in [0.15, 0.2) is 12.6 Å². The highest BCUT2D eigenvalue weighted by molar-refractivity contribution is 5.69. The highest BCUT2D eigenvalue weighted by atomic mass is 16.7. The molecule has 14 nitrogen and oxygen atoms in total. The van der Waals surface area contributed by atoms with Crippen LogP contribution >= 0.6 is 0 Å². The lowest BCUT2D eigenvalue weighted by molar-refractivity contribution is -0.332. The summed E-state index contributed by atoms with van der Waals surface area (Å²) in [6.45, 7) is 3.66. The van der Waals surface area contributed by atoms with E-state index in [2.05, 4.69) is 62.5 Å². The Morgan fingerprint density at radius 3 is 1.31 bits per heavy atom. The Bertz CT molecular complexity index is 1420. The van der Waals surface area contributed by atoms with Gasteiger partial charge in [-0.1, -0.05) is 197 Å². The maximum Gasteiger partial charge on any atom is 0.306 e. The van der Waals surface area contributed by atoms with Crippen LogP contribution in [0, 0.1) is 0 Å². The summed E-state index contributed by atoms with van der Waals surface area (Å²) in [4.78, 5) is 13.1. The SMILES string of the molecule is CCCCC/C=C\C/C=C\CCCCCCCCCC(=O)OC(COCCCCCCCCCCCCCC/C=C\C/C=C\CCCCCCC)COC1OC(COC2OC(CO)C(O)C(O)C2O)C(O)C(O)C1O. The van der Waals surface area contributed by atoms with E-state index in [4.69, 9.17) is 28.4 Å². The van der Waals surface area contributed by atoms with Gasteiger partial charge in [0.2, 0.25) is 0 Å². The second-order valence-electron chi connectivity index (χ2n) is 21.2. The zero-order valence-electron chi connectivity index (χ0n) is 47.0. The Hall–Kier alpha value is -2.05. The van der Waals surface area contributed by atoms with Crippen LogP contribution in [0.1, 0.15) is 232 Å². The molecule has 0 bridgehead atoms. The molecule has 438 valence electrons. The number of rotatable bonds is 49. The van der Waals surface area contributed by atoms with Crippen LogP contribution in [-0.4, -0.2) is 142 Å². The van der Waals surface area contributed by atoms with Crippen molar-refractivity contribution in [2.75, 3.05) is 33.0 Å². The first-order chi connectivity index (χ1) is 36.6. The number of carbonyl (C=O) groups excluding carboxylic acids is 1. The molecule has 0 amide bonds. The summed E-state index contributed by atoms with van der Waals surface area (Å²) >= 11 is 0. The van der Waals surface area contributed by atoms with Crippen LogP contribution in [0.3, 0.4) is 0 Å². The smallest absolute Gasteiger partial charge is 0.306 e. The molecule has 75 heavy (non-hydrogen) atoms. The van der Waals surface area contributed by atoms with Crippen molar-refractivity contribution in [2.45, 2.75) is 300 Å². The summed E-state index contributed by atoms with van der Waals surface area (Å²) in [6.07, 6.45) is 41.7. The molecule has 0 saturated carbocycles. The van der Waals surface area contributed by atoms with E-state index in [-0.39, 0.29) is 25.6 Å². The first kappa shape index (κ1) is 69.1. The van der Waals surface area contributed by atoms with Crippen molar-refractivity contribution in [3.8, 4) is 0 Å². The molecule has 2 heterocycles. The Morgan fingerprint density at radius 1 is 0.440 bits per heavy atom. The van der Waals surface area contributed by atoms with Crippen molar-refractivity contribution in [3.63, 3.8) is 0 Å². The van der Waals surface area contributed by atoms with Crippen LogP contribution in [0.25, 0.3) is 0 Å². The van der Waals surface area contributed by atoms with Crippen LogP contribution in [0.2, 0.25) is 0 Å². The van der Waals surface area contributed by atoms with E-state index in [0.29, 0.717) is 13.0 Å². The van der Waals surface area contributed by atoms with Gasteiger partial charge in [-0.05, 0) is 77.0 Å². The summed E-state index contributed by atoms with van der Waals surface area (Å²) in [5, 5.41) is 72.4. The van der Waals surface area contributed by atoms with Crippen molar-refractivity contribution in [3.05, 3.63) is 48.6 Å². The molecule has 7 N–H and O–H groups in total. The van der Waals surface area contributed by atoms with E-state index < -0.39 is 80.7 Å². The molecule has 2 aliphatic rings. The summed E-state index contributed by atoms with van der Waals surface area (Å²) in [5.74, 6) is -0.383. The third-order valence-corrected chi connectivity index (χ3v) is 14.3. The number of esters is 1. The number of unbranched alkanes of at least 4 members (excludes halogenated alkanes) is 27. The van der Waals surface area contributed by atoms with Crippen LogP contribution < -0.4 is 0 Å².